The smallest absolute Gasteiger partial charge is 0.0485 e. The van der Waals surface area contributed by atoms with Crippen molar-refractivity contribution < 1.29 is 5.11 Å². The molecule has 2 heteroatoms. The Morgan fingerprint density at radius 3 is 2.57 bits per heavy atom. The fourth-order valence-electron chi connectivity index (χ4n) is 2.47. The number of rotatable bonds is 6. The van der Waals surface area contributed by atoms with E-state index in [1.807, 2.05) is 0 Å². The van der Waals surface area contributed by atoms with Crippen LogP contribution in [0.3, 0.4) is 0 Å². The Hall–Kier alpha value is -1.80. The van der Waals surface area contributed by atoms with Crippen LogP contribution in [0, 0.1) is 13.8 Å². The van der Waals surface area contributed by atoms with E-state index in [1.54, 1.807) is 0 Å². The van der Waals surface area contributed by atoms with E-state index in [4.69, 9.17) is 5.11 Å². The minimum Gasteiger partial charge on any atom is -0.396 e. The molecule has 2 nitrogen and oxygen atoms in total. The van der Waals surface area contributed by atoms with Gasteiger partial charge in [0.15, 0.2) is 0 Å². The summed E-state index contributed by atoms with van der Waals surface area (Å²) < 4.78 is 0. The first-order valence-electron chi connectivity index (χ1n) is 7.63. The molecule has 0 aromatic heterocycles. The minimum atomic E-state index is 0.247. The van der Waals surface area contributed by atoms with Crippen LogP contribution in [0.2, 0.25) is 0 Å². The molecule has 2 aromatic carbocycles. The number of hydrogen-bond acceptors (Lipinski definition) is 2. The maximum Gasteiger partial charge on any atom is 0.0485 e. The van der Waals surface area contributed by atoms with E-state index >= 15 is 0 Å². The first-order valence-corrected chi connectivity index (χ1v) is 7.63. The van der Waals surface area contributed by atoms with Crippen molar-refractivity contribution >= 4 is 5.69 Å². The normalized spacial score (nSPS) is 12.2. The molecule has 0 aliphatic heterocycles. The highest BCUT2D eigenvalue weighted by molar-refractivity contribution is 5.48. The third-order valence-corrected chi connectivity index (χ3v) is 3.96. The van der Waals surface area contributed by atoms with Gasteiger partial charge in [0.2, 0.25) is 0 Å². The SMILES string of the molecule is Cc1ccc(C(C)Nc2cccc(CCCO)c2)cc1C. The molecule has 0 aliphatic rings. The standard InChI is InChI=1S/C19H25NO/c1-14-9-10-18(12-15(14)2)16(3)20-19-8-4-6-17(13-19)7-5-11-21/h4,6,8-10,12-13,16,20-21H,5,7,11H2,1-3H3. The zero-order valence-electron chi connectivity index (χ0n) is 13.2. The average molecular weight is 283 g/mol. The van der Waals surface area contributed by atoms with E-state index in [9.17, 15) is 0 Å². The summed E-state index contributed by atoms with van der Waals surface area (Å²) in [6.45, 7) is 6.73. The molecule has 0 saturated heterocycles. The number of benzene rings is 2. The summed E-state index contributed by atoms with van der Waals surface area (Å²) >= 11 is 0. The Labute approximate surface area is 127 Å². The largest absolute Gasteiger partial charge is 0.396 e. The first kappa shape index (κ1) is 15.6. The van der Waals surface area contributed by atoms with Crippen LogP contribution in [0.15, 0.2) is 42.5 Å². The molecular weight excluding hydrogens is 258 g/mol. The van der Waals surface area contributed by atoms with Crippen LogP contribution >= 0.6 is 0 Å². The van der Waals surface area contributed by atoms with Crippen molar-refractivity contribution in [1.82, 2.24) is 0 Å². The van der Waals surface area contributed by atoms with Gasteiger partial charge in [-0.2, -0.15) is 0 Å². The zero-order chi connectivity index (χ0) is 15.2. The van der Waals surface area contributed by atoms with E-state index < -0.39 is 0 Å². The topological polar surface area (TPSA) is 32.3 Å². The summed E-state index contributed by atoms with van der Waals surface area (Å²) in [6, 6.07) is 15.4. The number of aryl methyl sites for hydroxylation is 3. The van der Waals surface area contributed by atoms with Gasteiger partial charge < -0.3 is 10.4 Å². The molecule has 1 unspecified atom stereocenters. The van der Waals surface area contributed by atoms with Gasteiger partial charge in [-0.1, -0.05) is 30.3 Å². The molecule has 0 aliphatic carbocycles. The monoisotopic (exact) mass is 283 g/mol. The van der Waals surface area contributed by atoms with Crippen molar-refractivity contribution in [2.24, 2.45) is 0 Å². The molecule has 0 spiro atoms. The first-order chi connectivity index (χ1) is 10.1. The molecule has 0 amide bonds. The Morgan fingerprint density at radius 2 is 1.86 bits per heavy atom. The van der Waals surface area contributed by atoms with Crippen LogP contribution in [0.25, 0.3) is 0 Å². The highest BCUT2D eigenvalue weighted by atomic mass is 16.2. The van der Waals surface area contributed by atoms with E-state index in [-0.39, 0.29) is 12.6 Å². The second kappa shape index (κ2) is 7.28. The molecule has 0 heterocycles. The van der Waals surface area contributed by atoms with Gasteiger partial charge in [-0.3, -0.25) is 0 Å². The summed E-state index contributed by atoms with van der Waals surface area (Å²) in [5, 5.41) is 12.5. The Kier molecular flexibility index (Phi) is 5.40. The lowest BCUT2D eigenvalue weighted by molar-refractivity contribution is 0.288. The quantitative estimate of drug-likeness (QED) is 0.823. The van der Waals surface area contributed by atoms with Crippen molar-refractivity contribution in [3.8, 4) is 0 Å². The van der Waals surface area contributed by atoms with Crippen molar-refractivity contribution in [3.05, 3.63) is 64.7 Å². The fourth-order valence-corrected chi connectivity index (χ4v) is 2.47. The Morgan fingerprint density at radius 1 is 1.05 bits per heavy atom. The van der Waals surface area contributed by atoms with Crippen LogP contribution in [0.1, 0.15) is 41.6 Å². The van der Waals surface area contributed by atoms with Crippen LogP contribution in [0.5, 0.6) is 0 Å². The second-order valence-corrected chi connectivity index (χ2v) is 5.74. The van der Waals surface area contributed by atoms with Gasteiger partial charge in [0, 0.05) is 18.3 Å². The number of aliphatic hydroxyl groups is 1. The fraction of sp³-hybridized carbons (Fsp3) is 0.368. The van der Waals surface area contributed by atoms with Gasteiger partial charge in [0.1, 0.15) is 0 Å². The van der Waals surface area contributed by atoms with E-state index in [0.29, 0.717) is 0 Å². The molecular formula is C19H25NO. The van der Waals surface area contributed by atoms with Crippen LogP contribution in [-0.2, 0) is 6.42 Å². The molecule has 2 aromatic rings. The van der Waals surface area contributed by atoms with E-state index in [1.165, 1.54) is 22.3 Å². The van der Waals surface area contributed by atoms with Crippen molar-refractivity contribution in [3.63, 3.8) is 0 Å². The average Bonchev–Trinajstić information content (AvgIpc) is 2.48. The summed E-state index contributed by atoms with van der Waals surface area (Å²) in [5.41, 5.74) is 6.37. The lowest BCUT2D eigenvalue weighted by Crippen LogP contribution is -2.07. The third kappa shape index (κ3) is 4.33. The molecule has 0 saturated carbocycles. The van der Waals surface area contributed by atoms with Crippen molar-refractivity contribution in [1.29, 1.82) is 0 Å². The van der Waals surface area contributed by atoms with Crippen LogP contribution in [-0.4, -0.2) is 11.7 Å². The molecule has 1 atom stereocenters. The maximum atomic E-state index is 8.92. The highest BCUT2D eigenvalue weighted by Crippen LogP contribution is 2.22. The Balaban J connectivity index is 2.07. The lowest BCUT2D eigenvalue weighted by atomic mass is 10.0. The molecule has 21 heavy (non-hydrogen) atoms. The lowest BCUT2D eigenvalue weighted by Gasteiger charge is -2.17. The van der Waals surface area contributed by atoms with Gasteiger partial charge in [0.05, 0.1) is 0 Å². The molecule has 0 fully saturated rings. The number of hydrogen-bond donors (Lipinski definition) is 2. The van der Waals surface area contributed by atoms with Gasteiger partial charge in [-0.05, 0) is 68.0 Å². The summed E-state index contributed by atoms with van der Waals surface area (Å²) in [4.78, 5) is 0. The third-order valence-electron chi connectivity index (χ3n) is 3.96. The molecule has 0 radical (unpaired) electrons. The number of aliphatic hydroxyl groups excluding tert-OH is 1. The summed E-state index contributed by atoms with van der Waals surface area (Å²) in [5.74, 6) is 0. The Bertz CT molecular complexity index is 592. The highest BCUT2D eigenvalue weighted by Gasteiger charge is 2.06. The molecule has 0 bridgehead atoms. The predicted octanol–water partition coefficient (Wildman–Crippen LogP) is 4.40. The van der Waals surface area contributed by atoms with Gasteiger partial charge >= 0.3 is 0 Å². The number of nitrogens with one attached hydrogen (secondary N) is 1. The van der Waals surface area contributed by atoms with Crippen LogP contribution < -0.4 is 5.32 Å². The van der Waals surface area contributed by atoms with Gasteiger partial charge in [0.25, 0.3) is 0 Å². The maximum absolute atomic E-state index is 8.92. The summed E-state index contributed by atoms with van der Waals surface area (Å²) in [6.07, 6.45) is 1.74. The van der Waals surface area contributed by atoms with Crippen molar-refractivity contribution in [2.75, 3.05) is 11.9 Å². The summed E-state index contributed by atoms with van der Waals surface area (Å²) in [7, 11) is 0. The van der Waals surface area contributed by atoms with E-state index in [0.717, 1.165) is 18.5 Å². The predicted molar refractivity (Wildman–Crippen MR) is 89.8 cm³/mol. The zero-order valence-corrected chi connectivity index (χ0v) is 13.2. The molecule has 112 valence electrons. The second-order valence-electron chi connectivity index (χ2n) is 5.74. The van der Waals surface area contributed by atoms with Crippen LogP contribution in [0.4, 0.5) is 5.69 Å². The van der Waals surface area contributed by atoms with Gasteiger partial charge in [-0.25, -0.2) is 0 Å². The number of anilines is 1. The van der Waals surface area contributed by atoms with Crippen molar-refractivity contribution in [2.45, 2.75) is 39.7 Å². The van der Waals surface area contributed by atoms with Gasteiger partial charge in [-0.15, -0.1) is 0 Å². The molecule has 2 rings (SSSR count). The van der Waals surface area contributed by atoms with E-state index in [2.05, 4.69) is 68.6 Å². The molecule has 2 N–H and O–H groups in total. The minimum absolute atomic E-state index is 0.247.